The summed E-state index contributed by atoms with van der Waals surface area (Å²) in [7, 11) is 0. The average Bonchev–Trinajstić information content (AvgIpc) is 2.84. The van der Waals surface area contributed by atoms with Gasteiger partial charge in [0.05, 0.1) is 0 Å². The van der Waals surface area contributed by atoms with Gasteiger partial charge in [0.2, 0.25) is 0 Å². The molecular formula is C14H25NOS. The van der Waals surface area contributed by atoms with Crippen molar-refractivity contribution in [1.29, 1.82) is 0 Å². The fraction of sp³-hybridized carbons (Fsp3) is 0.714. The van der Waals surface area contributed by atoms with E-state index in [-0.39, 0.29) is 0 Å². The molecule has 1 atom stereocenters. The van der Waals surface area contributed by atoms with E-state index in [0.717, 1.165) is 32.6 Å². The van der Waals surface area contributed by atoms with Crippen LogP contribution in [0.4, 0.5) is 0 Å². The highest BCUT2D eigenvalue weighted by Gasteiger charge is 2.07. The molecule has 1 rings (SSSR count). The second kappa shape index (κ2) is 9.63. The molecule has 1 heterocycles. The topological polar surface area (TPSA) is 21.3 Å². The van der Waals surface area contributed by atoms with Crippen LogP contribution in [0.2, 0.25) is 0 Å². The van der Waals surface area contributed by atoms with Crippen LogP contribution in [0.3, 0.4) is 0 Å². The van der Waals surface area contributed by atoms with E-state index in [2.05, 4.69) is 36.7 Å². The van der Waals surface area contributed by atoms with Gasteiger partial charge in [0.15, 0.2) is 0 Å². The van der Waals surface area contributed by atoms with Crippen LogP contribution >= 0.6 is 11.3 Å². The molecule has 17 heavy (non-hydrogen) atoms. The van der Waals surface area contributed by atoms with Gasteiger partial charge in [-0.3, -0.25) is 0 Å². The van der Waals surface area contributed by atoms with Crippen molar-refractivity contribution in [3.8, 4) is 0 Å². The lowest BCUT2D eigenvalue weighted by Gasteiger charge is -2.17. The highest BCUT2D eigenvalue weighted by Crippen LogP contribution is 2.13. The summed E-state index contributed by atoms with van der Waals surface area (Å²) in [6.45, 7) is 7.15. The van der Waals surface area contributed by atoms with E-state index >= 15 is 0 Å². The minimum atomic E-state index is 0.596. The zero-order valence-electron chi connectivity index (χ0n) is 11.1. The van der Waals surface area contributed by atoms with Gasteiger partial charge in [-0.15, -0.1) is 11.3 Å². The number of hydrogen-bond acceptors (Lipinski definition) is 3. The molecule has 0 bridgehead atoms. The molecule has 1 aromatic rings. The molecule has 98 valence electrons. The van der Waals surface area contributed by atoms with E-state index in [4.69, 9.17) is 4.74 Å². The van der Waals surface area contributed by atoms with Gasteiger partial charge in [-0.25, -0.2) is 0 Å². The summed E-state index contributed by atoms with van der Waals surface area (Å²) < 4.78 is 5.56. The Bertz CT molecular complexity index is 261. The summed E-state index contributed by atoms with van der Waals surface area (Å²) in [6.07, 6.45) is 4.63. The van der Waals surface area contributed by atoms with Crippen molar-refractivity contribution in [2.75, 3.05) is 19.8 Å². The van der Waals surface area contributed by atoms with Crippen molar-refractivity contribution >= 4 is 11.3 Å². The SMILES string of the molecule is CCCOCCC(CCc1cccs1)NCC. The standard InChI is InChI=1S/C14H25NOS/c1-3-10-16-11-9-13(15-4-2)7-8-14-6-5-12-17-14/h5-6,12-13,15H,3-4,7-11H2,1-2H3. The van der Waals surface area contributed by atoms with Crippen LogP contribution in [0, 0.1) is 0 Å². The zero-order chi connectivity index (χ0) is 12.3. The van der Waals surface area contributed by atoms with Crippen LogP contribution in [0.25, 0.3) is 0 Å². The minimum Gasteiger partial charge on any atom is -0.381 e. The molecule has 0 aliphatic carbocycles. The number of rotatable bonds is 10. The van der Waals surface area contributed by atoms with Gasteiger partial charge >= 0.3 is 0 Å². The normalized spacial score (nSPS) is 12.8. The lowest BCUT2D eigenvalue weighted by molar-refractivity contribution is 0.124. The third-order valence-electron chi connectivity index (χ3n) is 2.77. The second-order valence-electron chi connectivity index (χ2n) is 4.27. The predicted octanol–water partition coefficient (Wildman–Crippen LogP) is 3.48. The third kappa shape index (κ3) is 6.81. The Morgan fingerprint density at radius 2 is 2.18 bits per heavy atom. The molecule has 2 nitrogen and oxygen atoms in total. The maximum absolute atomic E-state index is 5.56. The maximum Gasteiger partial charge on any atom is 0.0480 e. The number of thiophene rings is 1. The van der Waals surface area contributed by atoms with Crippen molar-refractivity contribution in [1.82, 2.24) is 5.32 Å². The molecule has 0 fully saturated rings. The molecule has 0 aliphatic heterocycles. The predicted molar refractivity (Wildman–Crippen MR) is 75.8 cm³/mol. The Labute approximate surface area is 109 Å². The monoisotopic (exact) mass is 255 g/mol. The highest BCUT2D eigenvalue weighted by atomic mass is 32.1. The Balaban J connectivity index is 2.17. The molecule has 0 saturated carbocycles. The lowest BCUT2D eigenvalue weighted by Crippen LogP contribution is -2.30. The molecule has 3 heteroatoms. The zero-order valence-corrected chi connectivity index (χ0v) is 11.9. The van der Waals surface area contributed by atoms with Gasteiger partial charge in [0.1, 0.15) is 0 Å². The first-order valence-corrected chi connectivity index (χ1v) is 7.58. The fourth-order valence-corrected chi connectivity index (χ4v) is 2.61. The largest absolute Gasteiger partial charge is 0.381 e. The maximum atomic E-state index is 5.56. The number of nitrogens with one attached hydrogen (secondary N) is 1. The number of aryl methyl sites for hydroxylation is 1. The van der Waals surface area contributed by atoms with Crippen LogP contribution in [0.1, 0.15) is 38.0 Å². The molecule has 0 aliphatic rings. The van der Waals surface area contributed by atoms with Crippen molar-refractivity contribution in [2.24, 2.45) is 0 Å². The van der Waals surface area contributed by atoms with E-state index in [9.17, 15) is 0 Å². The van der Waals surface area contributed by atoms with E-state index in [1.54, 1.807) is 0 Å². The highest BCUT2D eigenvalue weighted by molar-refractivity contribution is 7.09. The summed E-state index contributed by atoms with van der Waals surface area (Å²) in [6, 6.07) is 4.95. The van der Waals surface area contributed by atoms with Crippen molar-refractivity contribution in [2.45, 2.75) is 45.6 Å². The molecule has 1 unspecified atom stereocenters. The van der Waals surface area contributed by atoms with Gasteiger partial charge in [-0.05, 0) is 43.7 Å². The first-order chi connectivity index (χ1) is 8.36. The lowest BCUT2D eigenvalue weighted by atomic mass is 10.1. The quantitative estimate of drug-likeness (QED) is 0.646. The van der Waals surface area contributed by atoms with Crippen molar-refractivity contribution in [3.05, 3.63) is 22.4 Å². The fourth-order valence-electron chi connectivity index (χ4n) is 1.88. The van der Waals surface area contributed by atoms with Crippen LogP contribution in [0.15, 0.2) is 17.5 Å². The molecule has 0 radical (unpaired) electrons. The van der Waals surface area contributed by atoms with Gasteiger partial charge in [0, 0.05) is 24.1 Å². The first-order valence-electron chi connectivity index (χ1n) is 6.70. The van der Waals surface area contributed by atoms with E-state index < -0.39 is 0 Å². The van der Waals surface area contributed by atoms with Gasteiger partial charge in [-0.2, -0.15) is 0 Å². The Morgan fingerprint density at radius 3 is 2.82 bits per heavy atom. The summed E-state index contributed by atoms with van der Waals surface area (Å²) in [4.78, 5) is 1.49. The summed E-state index contributed by atoms with van der Waals surface area (Å²) in [5, 5.41) is 5.70. The number of hydrogen-bond donors (Lipinski definition) is 1. The smallest absolute Gasteiger partial charge is 0.0480 e. The average molecular weight is 255 g/mol. The van der Waals surface area contributed by atoms with Crippen LogP contribution in [0.5, 0.6) is 0 Å². The van der Waals surface area contributed by atoms with Crippen LogP contribution in [-0.2, 0) is 11.2 Å². The molecule has 0 spiro atoms. The first kappa shape index (κ1) is 14.7. The van der Waals surface area contributed by atoms with E-state index in [1.807, 2.05) is 11.3 Å². The minimum absolute atomic E-state index is 0.596. The Hall–Kier alpha value is -0.380. The summed E-state index contributed by atoms with van der Waals surface area (Å²) in [5.74, 6) is 0. The van der Waals surface area contributed by atoms with Crippen molar-refractivity contribution < 1.29 is 4.74 Å². The van der Waals surface area contributed by atoms with Crippen molar-refractivity contribution in [3.63, 3.8) is 0 Å². The van der Waals surface area contributed by atoms with E-state index in [0.29, 0.717) is 6.04 Å². The Morgan fingerprint density at radius 1 is 1.29 bits per heavy atom. The van der Waals surface area contributed by atoms with Crippen LogP contribution in [-0.4, -0.2) is 25.8 Å². The summed E-state index contributed by atoms with van der Waals surface area (Å²) in [5.41, 5.74) is 0. The molecule has 0 aromatic carbocycles. The summed E-state index contributed by atoms with van der Waals surface area (Å²) >= 11 is 1.86. The van der Waals surface area contributed by atoms with Crippen LogP contribution < -0.4 is 5.32 Å². The second-order valence-corrected chi connectivity index (χ2v) is 5.31. The van der Waals surface area contributed by atoms with Gasteiger partial charge in [0.25, 0.3) is 0 Å². The molecule has 1 aromatic heterocycles. The third-order valence-corrected chi connectivity index (χ3v) is 3.71. The Kier molecular flexibility index (Phi) is 8.32. The van der Waals surface area contributed by atoms with E-state index in [1.165, 1.54) is 17.7 Å². The molecular weight excluding hydrogens is 230 g/mol. The molecule has 1 N–H and O–H groups in total. The number of ether oxygens (including phenoxy) is 1. The molecule has 0 saturated heterocycles. The van der Waals surface area contributed by atoms with Gasteiger partial charge < -0.3 is 10.1 Å². The van der Waals surface area contributed by atoms with Gasteiger partial charge in [-0.1, -0.05) is 19.9 Å². The molecule has 0 amide bonds.